The molecular formula is C17H27N4O3. The molecule has 1 fully saturated rings. The number of amides is 4. The van der Waals surface area contributed by atoms with Gasteiger partial charge in [-0.05, 0) is 6.42 Å². The number of hydrogen-bond acceptors (Lipinski definition) is 4. The lowest BCUT2D eigenvalue weighted by Crippen LogP contribution is -2.53. The van der Waals surface area contributed by atoms with E-state index in [4.69, 9.17) is 0 Å². The Bertz CT molecular complexity index is 466. The number of nitrogens with zero attached hydrogens (tertiary/aromatic N) is 3. The van der Waals surface area contributed by atoms with Gasteiger partial charge in [-0.1, -0.05) is 26.2 Å². The summed E-state index contributed by atoms with van der Waals surface area (Å²) in [5.41, 5.74) is 0. The van der Waals surface area contributed by atoms with Crippen LogP contribution in [0, 0.1) is 6.92 Å². The number of rotatable bonds is 8. The largest absolute Gasteiger partial charge is 0.338 e. The van der Waals surface area contributed by atoms with Gasteiger partial charge in [0.05, 0.1) is 0 Å². The van der Waals surface area contributed by atoms with Crippen LogP contribution in [0.15, 0.2) is 12.2 Å². The lowest BCUT2D eigenvalue weighted by Gasteiger charge is -2.35. The molecule has 2 rings (SSSR count). The molecule has 7 heteroatoms. The fourth-order valence-electron chi connectivity index (χ4n) is 2.85. The van der Waals surface area contributed by atoms with Crippen molar-refractivity contribution >= 4 is 17.8 Å². The van der Waals surface area contributed by atoms with Gasteiger partial charge in [0.1, 0.15) is 0 Å². The minimum absolute atomic E-state index is 0.00151. The molecule has 0 spiro atoms. The first-order valence-electron chi connectivity index (χ1n) is 8.69. The topological polar surface area (TPSA) is 73.0 Å². The Hall–Kier alpha value is -1.89. The van der Waals surface area contributed by atoms with E-state index < -0.39 is 0 Å². The van der Waals surface area contributed by atoms with Crippen LogP contribution in [0.2, 0.25) is 0 Å². The van der Waals surface area contributed by atoms with Gasteiger partial charge in [-0.15, -0.1) is 0 Å². The number of urea groups is 1. The van der Waals surface area contributed by atoms with Gasteiger partial charge in [0.2, 0.25) is 0 Å². The van der Waals surface area contributed by atoms with E-state index in [-0.39, 0.29) is 17.8 Å². The van der Waals surface area contributed by atoms with Crippen LogP contribution in [-0.4, -0.2) is 78.4 Å². The molecule has 2 aliphatic heterocycles. The third-order valence-electron chi connectivity index (χ3n) is 4.40. The van der Waals surface area contributed by atoms with Gasteiger partial charge in [-0.3, -0.25) is 19.4 Å². The van der Waals surface area contributed by atoms with Crippen LogP contribution < -0.4 is 5.32 Å². The molecule has 4 amide bonds. The maximum atomic E-state index is 12.1. The van der Waals surface area contributed by atoms with Gasteiger partial charge in [-0.25, -0.2) is 4.79 Å². The lowest BCUT2D eigenvalue weighted by molar-refractivity contribution is -0.137. The molecule has 0 aromatic heterocycles. The molecule has 0 aliphatic carbocycles. The molecule has 0 unspecified atom stereocenters. The van der Waals surface area contributed by atoms with Crippen molar-refractivity contribution in [1.29, 1.82) is 0 Å². The van der Waals surface area contributed by atoms with Crippen molar-refractivity contribution in [2.24, 2.45) is 0 Å². The highest BCUT2D eigenvalue weighted by atomic mass is 16.2. The summed E-state index contributed by atoms with van der Waals surface area (Å²) >= 11 is 0. The van der Waals surface area contributed by atoms with E-state index in [0.29, 0.717) is 32.7 Å². The predicted octanol–water partition coefficient (Wildman–Crippen LogP) is 0.633. The molecular weight excluding hydrogens is 308 g/mol. The molecule has 1 radical (unpaired) electrons. The van der Waals surface area contributed by atoms with Crippen molar-refractivity contribution < 1.29 is 14.4 Å². The molecule has 0 bridgehead atoms. The fraction of sp³-hybridized carbons (Fsp3) is 0.647. The maximum absolute atomic E-state index is 12.1. The van der Waals surface area contributed by atoms with Crippen LogP contribution in [-0.2, 0) is 9.59 Å². The van der Waals surface area contributed by atoms with Crippen LogP contribution in [0.25, 0.3) is 0 Å². The van der Waals surface area contributed by atoms with Gasteiger partial charge < -0.3 is 10.2 Å². The first-order chi connectivity index (χ1) is 11.6. The van der Waals surface area contributed by atoms with Crippen LogP contribution in [0.4, 0.5) is 4.79 Å². The number of carbonyl (C=O) groups excluding carboxylic acids is 3. The van der Waals surface area contributed by atoms with Gasteiger partial charge in [-0.2, -0.15) is 0 Å². The van der Waals surface area contributed by atoms with Crippen molar-refractivity contribution in [3.8, 4) is 0 Å². The number of imide groups is 1. The zero-order valence-corrected chi connectivity index (χ0v) is 14.2. The highest BCUT2D eigenvalue weighted by molar-refractivity contribution is 6.12. The molecule has 0 aromatic carbocycles. The summed E-state index contributed by atoms with van der Waals surface area (Å²) in [6, 6.07) is -0.00151. The van der Waals surface area contributed by atoms with Gasteiger partial charge in [0.25, 0.3) is 11.8 Å². The number of nitrogens with one attached hydrogen (secondary N) is 1. The Morgan fingerprint density at radius 3 is 2.29 bits per heavy atom. The summed E-state index contributed by atoms with van der Waals surface area (Å²) in [6.07, 6.45) is 6.75. The van der Waals surface area contributed by atoms with Crippen LogP contribution in [0.3, 0.4) is 0 Å². The fourth-order valence-corrected chi connectivity index (χ4v) is 2.85. The Labute approximate surface area is 143 Å². The van der Waals surface area contributed by atoms with Crippen molar-refractivity contribution in [2.45, 2.75) is 25.7 Å². The summed E-state index contributed by atoms with van der Waals surface area (Å²) in [7, 11) is 0. The first-order valence-corrected chi connectivity index (χ1v) is 8.69. The smallest absolute Gasteiger partial charge is 0.317 e. The van der Waals surface area contributed by atoms with Crippen LogP contribution in [0.1, 0.15) is 25.7 Å². The first kappa shape index (κ1) is 18.4. The SMILES string of the molecule is [CH2]CCCCCNC(=O)N1CCN(CCN2C(=O)C=CC2=O)CC1. The zero-order chi connectivity index (χ0) is 17.4. The van der Waals surface area contributed by atoms with E-state index in [9.17, 15) is 14.4 Å². The molecule has 1 saturated heterocycles. The monoisotopic (exact) mass is 335 g/mol. The Morgan fingerprint density at radius 1 is 1.00 bits per heavy atom. The summed E-state index contributed by atoms with van der Waals surface area (Å²) in [6.45, 7) is 8.44. The molecule has 7 nitrogen and oxygen atoms in total. The third kappa shape index (κ3) is 5.33. The molecule has 24 heavy (non-hydrogen) atoms. The summed E-state index contributed by atoms with van der Waals surface area (Å²) < 4.78 is 0. The molecule has 2 heterocycles. The average molecular weight is 335 g/mol. The van der Waals surface area contributed by atoms with Crippen molar-refractivity contribution in [3.63, 3.8) is 0 Å². The average Bonchev–Trinajstić information content (AvgIpc) is 2.91. The van der Waals surface area contributed by atoms with E-state index in [0.717, 1.165) is 38.8 Å². The van der Waals surface area contributed by atoms with Gasteiger partial charge in [0, 0.05) is 58.0 Å². The summed E-state index contributed by atoms with van der Waals surface area (Å²) in [4.78, 5) is 40.3. The van der Waals surface area contributed by atoms with E-state index in [1.165, 1.54) is 17.1 Å². The predicted molar refractivity (Wildman–Crippen MR) is 91.1 cm³/mol. The summed E-state index contributed by atoms with van der Waals surface area (Å²) in [5.74, 6) is -0.478. The van der Waals surface area contributed by atoms with E-state index in [1.807, 2.05) is 4.90 Å². The van der Waals surface area contributed by atoms with E-state index in [1.54, 1.807) is 0 Å². The van der Waals surface area contributed by atoms with E-state index >= 15 is 0 Å². The number of piperazine rings is 1. The summed E-state index contributed by atoms with van der Waals surface area (Å²) in [5, 5.41) is 2.96. The molecule has 0 atom stereocenters. The van der Waals surface area contributed by atoms with Crippen molar-refractivity contribution in [1.82, 2.24) is 20.0 Å². The minimum atomic E-state index is -0.239. The second kappa shape index (κ2) is 9.42. The quantitative estimate of drug-likeness (QED) is 0.522. The molecule has 0 saturated carbocycles. The molecule has 2 aliphatic rings. The number of unbranched alkanes of at least 4 members (excludes halogenated alkanes) is 3. The van der Waals surface area contributed by atoms with Crippen LogP contribution >= 0.6 is 0 Å². The standard InChI is InChI=1S/C17H27N4O3/c1-2-3-4-5-8-18-17(24)20-12-9-19(10-13-20)11-14-21-15(22)6-7-16(21)23/h6-7H,1-5,8-14H2,(H,18,24). The van der Waals surface area contributed by atoms with Crippen molar-refractivity contribution in [2.75, 3.05) is 45.8 Å². The van der Waals surface area contributed by atoms with Crippen LogP contribution in [0.5, 0.6) is 0 Å². The van der Waals surface area contributed by atoms with E-state index in [2.05, 4.69) is 17.1 Å². The maximum Gasteiger partial charge on any atom is 0.317 e. The third-order valence-corrected chi connectivity index (χ3v) is 4.40. The number of carbonyl (C=O) groups is 3. The normalized spacial score (nSPS) is 18.5. The second-order valence-electron chi connectivity index (χ2n) is 6.14. The van der Waals surface area contributed by atoms with Crippen molar-refractivity contribution in [3.05, 3.63) is 19.1 Å². The highest BCUT2D eigenvalue weighted by Gasteiger charge is 2.25. The van der Waals surface area contributed by atoms with Gasteiger partial charge >= 0.3 is 6.03 Å². The number of hydrogen-bond donors (Lipinski definition) is 1. The Balaban J connectivity index is 1.60. The second-order valence-corrected chi connectivity index (χ2v) is 6.14. The Kier molecular flexibility index (Phi) is 7.24. The molecule has 1 N–H and O–H groups in total. The lowest BCUT2D eigenvalue weighted by atomic mass is 10.2. The van der Waals surface area contributed by atoms with Gasteiger partial charge in [0.15, 0.2) is 0 Å². The minimum Gasteiger partial charge on any atom is -0.338 e. The highest BCUT2D eigenvalue weighted by Crippen LogP contribution is 2.06. The zero-order valence-electron chi connectivity index (χ0n) is 14.2. The molecule has 0 aromatic rings. The Morgan fingerprint density at radius 2 is 1.67 bits per heavy atom. The molecule has 133 valence electrons.